The first-order valence-electron chi connectivity index (χ1n) is 9.08. The average molecular weight is 404 g/mol. The third kappa shape index (κ3) is 4.69. The van der Waals surface area contributed by atoms with Crippen LogP contribution in [0.15, 0.2) is 42.5 Å². The molecule has 0 aliphatic heterocycles. The van der Waals surface area contributed by atoms with Crippen molar-refractivity contribution in [1.29, 1.82) is 0 Å². The Morgan fingerprint density at radius 1 is 1.32 bits per heavy atom. The number of methoxy groups -OCH3 is 1. The maximum Gasteiger partial charge on any atom is 0.224 e. The number of carbonyl (C=O) groups excluding carboxylic acids is 1. The van der Waals surface area contributed by atoms with Gasteiger partial charge in [-0.2, -0.15) is 0 Å². The predicted molar refractivity (Wildman–Crippen MR) is 107 cm³/mol. The number of benzene rings is 1. The minimum atomic E-state index is -3.33. The zero-order valence-electron chi connectivity index (χ0n) is 16.0. The Balaban J connectivity index is 1.84. The highest BCUT2D eigenvalue weighted by molar-refractivity contribution is 7.88. The SMILES string of the molecule is COc1cccc(-c2cccc(C[C@]3(C(N)=O)CC[C@H](NS(C)(=O)=O)C3)c2)n1. The van der Waals surface area contributed by atoms with Crippen molar-refractivity contribution in [2.24, 2.45) is 11.1 Å². The molecule has 1 amide bonds. The second-order valence-corrected chi connectivity index (χ2v) is 9.20. The number of hydrogen-bond acceptors (Lipinski definition) is 5. The molecule has 0 unspecified atom stereocenters. The molecular formula is C20H25N3O4S. The summed E-state index contributed by atoms with van der Waals surface area (Å²) in [5, 5.41) is 0. The normalized spacial score (nSPS) is 22.1. The summed E-state index contributed by atoms with van der Waals surface area (Å²) in [5.74, 6) is 0.136. The molecule has 1 aromatic carbocycles. The second kappa shape index (κ2) is 7.89. The van der Waals surface area contributed by atoms with Gasteiger partial charge in [0.25, 0.3) is 0 Å². The molecule has 28 heavy (non-hydrogen) atoms. The average Bonchev–Trinajstić information content (AvgIpc) is 3.04. The number of carbonyl (C=O) groups is 1. The van der Waals surface area contributed by atoms with Crippen molar-refractivity contribution in [2.75, 3.05) is 13.4 Å². The van der Waals surface area contributed by atoms with Crippen LogP contribution >= 0.6 is 0 Å². The summed E-state index contributed by atoms with van der Waals surface area (Å²) in [6, 6.07) is 13.1. The van der Waals surface area contributed by atoms with E-state index in [1.807, 2.05) is 36.4 Å². The second-order valence-electron chi connectivity index (χ2n) is 7.42. The molecule has 0 bridgehead atoms. The smallest absolute Gasteiger partial charge is 0.224 e. The zero-order valence-corrected chi connectivity index (χ0v) is 16.8. The van der Waals surface area contributed by atoms with Crippen molar-refractivity contribution in [3.63, 3.8) is 0 Å². The lowest BCUT2D eigenvalue weighted by atomic mass is 9.79. The molecule has 2 atom stereocenters. The van der Waals surface area contributed by atoms with Crippen molar-refractivity contribution < 1.29 is 17.9 Å². The standard InChI is InChI=1S/C20H25N3O4S/c1-27-18-8-4-7-17(22-18)15-6-3-5-14(11-15)12-20(19(21)24)10-9-16(13-20)23-28(2,25)26/h3-8,11,16,23H,9-10,12-13H2,1-2H3,(H2,21,24)/t16-,20+/m0/s1. The summed E-state index contributed by atoms with van der Waals surface area (Å²) < 4.78 is 30.9. The molecule has 0 radical (unpaired) electrons. The van der Waals surface area contributed by atoms with Crippen LogP contribution in [0.2, 0.25) is 0 Å². The van der Waals surface area contributed by atoms with E-state index >= 15 is 0 Å². The lowest BCUT2D eigenvalue weighted by molar-refractivity contribution is -0.127. The molecule has 7 nitrogen and oxygen atoms in total. The Morgan fingerprint density at radius 3 is 2.75 bits per heavy atom. The quantitative estimate of drug-likeness (QED) is 0.733. The molecule has 1 fully saturated rings. The highest BCUT2D eigenvalue weighted by Gasteiger charge is 2.44. The van der Waals surface area contributed by atoms with E-state index in [1.165, 1.54) is 0 Å². The van der Waals surface area contributed by atoms with E-state index in [0.717, 1.165) is 23.1 Å². The lowest BCUT2D eigenvalue weighted by Gasteiger charge is -2.26. The minimum absolute atomic E-state index is 0.272. The van der Waals surface area contributed by atoms with Gasteiger partial charge < -0.3 is 10.5 Å². The maximum atomic E-state index is 12.3. The third-order valence-corrected chi connectivity index (χ3v) is 5.97. The zero-order chi connectivity index (χ0) is 20.4. The fourth-order valence-corrected chi connectivity index (χ4v) is 4.73. The topological polar surface area (TPSA) is 111 Å². The van der Waals surface area contributed by atoms with Gasteiger partial charge in [-0.3, -0.25) is 4.79 Å². The highest BCUT2D eigenvalue weighted by atomic mass is 32.2. The van der Waals surface area contributed by atoms with Gasteiger partial charge in [-0.25, -0.2) is 18.1 Å². The van der Waals surface area contributed by atoms with Crippen molar-refractivity contribution in [1.82, 2.24) is 9.71 Å². The number of amides is 1. The van der Waals surface area contributed by atoms with Crippen molar-refractivity contribution in [3.8, 4) is 17.1 Å². The Bertz CT molecular complexity index is 977. The van der Waals surface area contributed by atoms with Gasteiger partial charge >= 0.3 is 0 Å². The molecule has 0 saturated heterocycles. The van der Waals surface area contributed by atoms with Crippen LogP contribution < -0.4 is 15.2 Å². The Kier molecular flexibility index (Phi) is 5.71. The molecule has 2 aromatic rings. The van der Waals surface area contributed by atoms with Crippen LogP contribution in [-0.2, 0) is 21.2 Å². The largest absolute Gasteiger partial charge is 0.481 e. The summed E-state index contributed by atoms with van der Waals surface area (Å²) in [6.45, 7) is 0. The van der Waals surface area contributed by atoms with Crippen molar-refractivity contribution in [2.45, 2.75) is 31.7 Å². The number of pyridine rings is 1. The number of rotatable bonds is 7. The first-order valence-corrected chi connectivity index (χ1v) is 11.0. The Hall–Kier alpha value is -2.45. The Labute approximate surface area is 165 Å². The van der Waals surface area contributed by atoms with E-state index in [4.69, 9.17) is 10.5 Å². The van der Waals surface area contributed by atoms with Crippen LogP contribution in [0.1, 0.15) is 24.8 Å². The maximum absolute atomic E-state index is 12.3. The fraction of sp³-hybridized carbons (Fsp3) is 0.400. The van der Waals surface area contributed by atoms with E-state index in [-0.39, 0.29) is 6.04 Å². The first kappa shape index (κ1) is 20.3. The van der Waals surface area contributed by atoms with Gasteiger partial charge in [-0.05, 0) is 43.4 Å². The summed E-state index contributed by atoms with van der Waals surface area (Å²) in [4.78, 5) is 16.7. The number of sulfonamides is 1. The van der Waals surface area contributed by atoms with Crippen LogP contribution in [0.4, 0.5) is 0 Å². The van der Waals surface area contributed by atoms with E-state index in [0.29, 0.717) is 31.6 Å². The summed E-state index contributed by atoms with van der Waals surface area (Å²) in [5.41, 5.74) is 7.64. The van der Waals surface area contributed by atoms with E-state index in [2.05, 4.69) is 9.71 Å². The van der Waals surface area contributed by atoms with Crippen molar-refractivity contribution in [3.05, 3.63) is 48.0 Å². The minimum Gasteiger partial charge on any atom is -0.481 e. The molecule has 0 spiro atoms. The molecular weight excluding hydrogens is 378 g/mol. The molecule has 150 valence electrons. The Morgan fingerprint density at radius 2 is 2.07 bits per heavy atom. The van der Waals surface area contributed by atoms with Gasteiger partial charge in [0.15, 0.2) is 0 Å². The lowest BCUT2D eigenvalue weighted by Crippen LogP contribution is -2.40. The monoisotopic (exact) mass is 403 g/mol. The van der Waals surface area contributed by atoms with Gasteiger partial charge in [-0.15, -0.1) is 0 Å². The number of ether oxygens (including phenoxy) is 1. The summed E-state index contributed by atoms with van der Waals surface area (Å²) in [6.07, 6.45) is 3.13. The van der Waals surface area contributed by atoms with E-state index in [9.17, 15) is 13.2 Å². The van der Waals surface area contributed by atoms with Gasteiger partial charge in [0.2, 0.25) is 21.8 Å². The number of nitrogens with one attached hydrogen (secondary N) is 1. The molecule has 1 heterocycles. The van der Waals surface area contributed by atoms with Crippen molar-refractivity contribution >= 4 is 15.9 Å². The molecule has 3 rings (SSSR count). The highest BCUT2D eigenvalue weighted by Crippen LogP contribution is 2.41. The molecule has 8 heteroatoms. The molecule has 1 saturated carbocycles. The van der Waals surface area contributed by atoms with Crippen LogP contribution in [-0.4, -0.2) is 38.7 Å². The van der Waals surface area contributed by atoms with Gasteiger partial charge in [0, 0.05) is 17.7 Å². The van der Waals surface area contributed by atoms with E-state index in [1.54, 1.807) is 13.2 Å². The molecule has 1 aromatic heterocycles. The van der Waals surface area contributed by atoms with Gasteiger partial charge in [-0.1, -0.05) is 24.3 Å². The van der Waals surface area contributed by atoms with Crippen LogP contribution in [0.5, 0.6) is 5.88 Å². The summed E-state index contributed by atoms with van der Waals surface area (Å²) in [7, 11) is -1.76. The molecule has 3 N–H and O–H groups in total. The van der Waals surface area contributed by atoms with Gasteiger partial charge in [0.1, 0.15) is 0 Å². The third-order valence-electron chi connectivity index (χ3n) is 5.21. The molecule has 1 aliphatic rings. The summed E-state index contributed by atoms with van der Waals surface area (Å²) >= 11 is 0. The number of nitrogens with two attached hydrogens (primary N) is 1. The fourth-order valence-electron chi connectivity index (χ4n) is 3.92. The van der Waals surface area contributed by atoms with Crippen LogP contribution in [0.3, 0.4) is 0 Å². The van der Waals surface area contributed by atoms with Gasteiger partial charge in [0.05, 0.1) is 24.5 Å². The first-order chi connectivity index (χ1) is 13.2. The van der Waals surface area contributed by atoms with E-state index < -0.39 is 21.3 Å². The predicted octanol–water partition coefficient (Wildman–Crippen LogP) is 1.87. The number of aromatic nitrogens is 1. The van der Waals surface area contributed by atoms with Crippen LogP contribution in [0.25, 0.3) is 11.3 Å². The number of hydrogen-bond donors (Lipinski definition) is 2. The molecule has 1 aliphatic carbocycles. The number of primary amides is 1. The van der Waals surface area contributed by atoms with Crippen LogP contribution in [0, 0.1) is 5.41 Å². The number of nitrogens with zero attached hydrogens (tertiary/aromatic N) is 1.